The molecule has 1 aromatic heterocycles. The number of halogens is 2. The first-order valence-electron chi connectivity index (χ1n) is 6.98. The second kappa shape index (κ2) is 8.84. The fourth-order valence-corrected chi connectivity index (χ4v) is 1.98. The van der Waals surface area contributed by atoms with Crippen molar-refractivity contribution in [3.63, 3.8) is 0 Å². The Kier molecular flexibility index (Phi) is 7.45. The summed E-state index contributed by atoms with van der Waals surface area (Å²) in [6, 6.07) is 2.63. The summed E-state index contributed by atoms with van der Waals surface area (Å²) in [6.07, 6.45) is 3.99. The van der Waals surface area contributed by atoms with Crippen LogP contribution in [0.2, 0.25) is 0 Å². The van der Waals surface area contributed by atoms with E-state index in [9.17, 15) is 4.79 Å². The minimum absolute atomic E-state index is 0.176. The number of aliphatic imine (C=N–C) groups is 1. The van der Waals surface area contributed by atoms with Gasteiger partial charge in [-0.25, -0.2) is 4.79 Å². The van der Waals surface area contributed by atoms with Gasteiger partial charge in [-0.1, -0.05) is 11.6 Å². The summed E-state index contributed by atoms with van der Waals surface area (Å²) in [4.78, 5) is 21.7. The highest BCUT2D eigenvalue weighted by atomic mass is 35.5. The van der Waals surface area contributed by atoms with Crippen LogP contribution in [-0.4, -0.2) is 51.4 Å². The van der Waals surface area contributed by atoms with Gasteiger partial charge in [-0.05, 0) is 32.9 Å². The van der Waals surface area contributed by atoms with Gasteiger partial charge >= 0.3 is 6.09 Å². The van der Waals surface area contributed by atoms with E-state index in [0.29, 0.717) is 5.69 Å². The third kappa shape index (κ3) is 6.97. The molecule has 0 aliphatic carbocycles. The molecule has 23 heavy (non-hydrogen) atoms. The molecule has 6 nitrogen and oxygen atoms in total. The number of nitrogens with zero attached hydrogens (tertiary/aromatic N) is 3. The summed E-state index contributed by atoms with van der Waals surface area (Å²) < 4.78 is 5.33. The molecule has 1 heterocycles. The van der Waals surface area contributed by atoms with Crippen LogP contribution < -0.4 is 0 Å². The number of aromatic nitrogens is 1. The van der Waals surface area contributed by atoms with Gasteiger partial charge in [0.05, 0.1) is 11.9 Å². The molecule has 0 fully saturated rings. The average molecular weight is 359 g/mol. The molecule has 0 aliphatic rings. The number of carbonyl (C=O) groups excluding carboxylic acids is 1. The van der Waals surface area contributed by atoms with E-state index < -0.39 is 17.7 Å². The van der Waals surface area contributed by atoms with E-state index in [2.05, 4.69) is 9.98 Å². The van der Waals surface area contributed by atoms with Gasteiger partial charge in [-0.15, -0.1) is 11.6 Å². The van der Waals surface area contributed by atoms with Gasteiger partial charge in [0.2, 0.25) is 0 Å². The zero-order valence-electron chi connectivity index (χ0n) is 13.3. The first-order valence-corrected chi connectivity index (χ1v) is 7.89. The van der Waals surface area contributed by atoms with Crippen LogP contribution in [0.15, 0.2) is 29.5 Å². The van der Waals surface area contributed by atoms with Gasteiger partial charge < -0.3 is 4.74 Å². The molecule has 1 N–H and O–H groups in total. The molecule has 0 bridgehead atoms. The number of carbonyl (C=O) groups is 1. The topological polar surface area (TPSA) is 78.6 Å². The van der Waals surface area contributed by atoms with Gasteiger partial charge in [0, 0.05) is 24.8 Å². The molecule has 126 valence electrons. The zero-order chi connectivity index (χ0) is 17.5. The fourth-order valence-electron chi connectivity index (χ4n) is 1.63. The van der Waals surface area contributed by atoms with E-state index in [0.717, 1.165) is 0 Å². The maximum absolute atomic E-state index is 12.3. The van der Waals surface area contributed by atoms with E-state index in [1.807, 2.05) is 0 Å². The first-order chi connectivity index (χ1) is 10.7. The van der Waals surface area contributed by atoms with Crippen molar-refractivity contribution in [1.82, 2.24) is 9.88 Å². The molecule has 1 rings (SSSR count). The number of pyridine rings is 1. The number of amides is 1. The van der Waals surface area contributed by atoms with Crippen molar-refractivity contribution in [2.24, 2.45) is 4.99 Å². The predicted molar refractivity (Wildman–Crippen MR) is 93.4 cm³/mol. The molecule has 1 unspecified atom stereocenters. The predicted octanol–water partition coefficient (Wildman–Crippen LogP) is 3.84. The Hall–Kier alpha value is -1.66. The Morgan fingerprint density at radius 1 is 1.57 bits per heavy atom. The fraction of sp³-hybridized carbons (Fsp3) is 0.467. The summed E-state index contributed by atoms with van der Waals surface area (Å²) in [5.41, 5.74) is -0.0771. The second-order valence-electron chi connectivity index (χ2n) is 5.64. The lowest BCUT2D eigenvalue weighted by molar-refractivity contribution is 0.0265. The Labute approximate surface area is 146 Å². The quantitative estimate of drug-likeness (QED) is 0.619. The number of ether oxygens (including phenoxy) is 1. The minimum atomic E-state index is -0.856. The van der Waals surface area contributed by atoms with Gasteiger partial charge in [0.15, 0.2) is 0 Å². The lowest BCUT2D eigenvalue weighted by atomic mass is 10.2. The maximum Gasteiger partial charge on any atom is 0.411 e. The molecule has 0 radical (unpaired) electrons. The van der Waals surface area contributed by atoms with Crippen LogP contribution in [0.25, 0.3) is 0 Å². The molecule has 1 aromatic rings. The molecular weight excluding hydrogens is 339 g/mol. The average Bonchev–Trinajstić information content (AvgIpc) is 2.45. The molecule has 0 saturated heterocycles. The highest BCUT2D eigenvalue weighted by Gasteiger charge is 2.29. The Morgan fingerprint density at radius 2 is 2.26 bits per heavy atom. The third-order valence-corrected chi connectivity index (χ3v) is 2.95. The normalized spacial score (nSPS) is 12.9. The second-order valence-corrected chi connectivity index (χ2v) is 6.43. The molecule has 0 aromatic carbocycles. The Bertz CT molecular complexity index is 558. The van der Waals surface area contributed by atoms with Gasteiger partial charge in [-0.2, -0.15) is 0 Å². The van der Waals surface area contributed by atoms with Crippen molar-refractivity contribution < 1.29 is 9.53 Å². The summed E-state index contributed by atoms with van der Waals surface area (Å²) in [6.45, 7) is 5.45. The van der Waals surface area contributed by atoms with Crippen molar-refractivity contribution in [2.75, 3.05) is 12.4 Å². The van der Waals surface area contributed by atoms with Crippen molar-refractivity contribution in [2.45, 2.75) is 32.4 Å². The van der Waals surface area contributed by atoms with E-state index >= 15 is 0 Å². The summed E-state index contributed by atoms with van der Waals surface area (Å²) in [5, 5.41) is 7.46. The van der Waals surface area contributed by atoms with Crippen molar-refractivity contribution in [1.29, 1.82) is 5.41 Å². The van der Waals surface area contributed by atoms with Crippen LogP contribution in [-0.2, 0) is 4.74 Å². The summed E-state index contributed by atoms with van der Waals surface area (Å²) in [7, 11) is 0. The van der Waals surface area contributed by atoms with Gasteiger partial charge in [0.1, 0.15) is 16.8 Å². The highest BCUT2D eigenvalue weighted by molar-refractivity contribution is 6.67. The van der Waals surface area contributed by atoms with Crippen molar-refractivity contribution >= 4 is 46.4 Å². The van der Waals surface area contributed by atoms with Crippen LogP contribution >= 0.6 is 23.2 Å². The van der Waals surface area contributed by atoms with Gasteiger partial charge in [0.25, 0.3) is 0 Å². The van der Waals surface area contributed by atoms with E-state index in [1.54, 1.807) is 45.3 Å². The first kappa shape index (κ1) is 19.4. The van der Waals surface area contributed by atoms with E-state index in [1.165, 1.54) is 11.1 Å². The number of alkyl halides is 1. The van der Waals surface area contributed by atoms with Crippen LogP contribution in [0.1, 0.15) is 20.8 Å². The number of nitrogens with one attached hydrogen (secondary N) is 1. The number of hydrogen-bond acceptors (Lipinski definition) is 5. The molecule has 0 saturated carbocycles. The van der Waals surface area contributed by atoms with E-state index in [4.69, 9.17) is 33.3 Å². The van der Waals surface area contributed by atoms with Crippen molar-refractivity contribution in [3.8, 4) is 0 Å². The molecule has 1 atom stereocenters. The van der Waals surface area contributed by atoms with Crippen LogP contribution in [0, 0.1) is 5.41 Å². The maximum atomic E-state index is 12.3. The number of hydrogen-bond donors (Lipinski definition) is 1. The molecule has 0 spiro atoms. The Morgan fingerprint density at radius 3 is 2.74 bits per heavy atom. The summed E-state index contributed by atoms with van der Waals surface area (Å²) >= 11 is 11.6. The lowest BCUT2D eigenvalue weighted by Gasteiger charge is -2.30. The lowest BCUT2D eigenvalue weighted by Crippen LogP contribution is -2.47. The van der Waals surface area contributed by atoms with Gasteiger partial charge in [-0.3, -0.25) is 20.3 Å². The monoisotopic (exact) mass is 358 g/mol. The zero-order valence-corrected chi connectivity index (χ0v) is 14.8. The Balaban J connectivity index is 3.00. The van der Waals surface area contributed by atoms with Crippen LogP contribution in [0.3, 0.4) is 0 Å². The van der Waals surface area contributed by atoms with Crippen molar-refractivity contribution in [3.05, 3.63) is 24.5 Å². The standard InChI is InChI=1S/C15H20Cl2N4O2/c1-15(2,3)23-14(22)21(8-6-16)12(13(17)18)10-20-11-5-4-7-19-9-11/h4-5,7,9-10,12,18H,6,8H2,1-3H3. The highest BCUT2D eigenvalue weighted by Crippen LogP contribution is 2.14. The number of rotatable bonds is 6. The summed E-state index contributed by atoms with van der Waals surface area (Å²) in [5.74, 6) is 0.181. The minimum Gasteiger partial charge on any atom is -0.444 e. The van der Waals surface area contributed by atoms with E-state index in [-0.39, 0.29) is 17.6 Å². The SMILES string of the molecule is CC(C)(C)OC(=O)N(CCCl)C(C=Nc1cccnc1)C(=N)Cl. The van der Waals surface area contributed by atoms with Crippen LogP contribution in [0.4, 0.5) is 10.5 Å². The largest absolute Gasteiger partial charge is 0.444 e. The molecule has 0 aliphatic heterocycles. The third-order valence-electron chi connectivity index (χ3n) is 2.56. The smallest absolute Gasteiger partial charge is 0.411 e. The molecular formula is C15H20Cl2N4O2. The van der Waals surface area contributed by atoms with Crippen LogP contribution in [0.5, 0.6) is 0 Å². The molecule has 1 amide bonds. The molecule has 8 heteroatoms.